The van der Waals surface area contributed by atoms with Crippen molar-refractivity contribution in [2.75, 3.05) is 12.3 Å². The first-order valence-corrected chi connectivity index (χ1v) is 5.02. The molecule has 1 aliphatic heterocycles. The number of rotatable bonds is 1. The van der Waals surface area contributed by atoms with E-state index in [9.17, 15) is 0 Å². The number of ether oxygens (including phenoxy) is 2. The predicted molar refractivity (Wildman–Crippen MR) is 57.2 cm³/mol. The SMILES string of the molecule is Cc1cnc(C2COC(C)(C)O2)cc1N. The topological polar surface area (TPSA) is 57.4 Å². The monoisotopic (exact) mass is 208 g/mol. The standard InChI is InChI=1S/C11H16N2O2/c1-7-5-13-9(4-8(7)12)10-6-14-11(2,3)15-10/h4-5,10H,6H2,1-3H3,(H2,12,13). The average Bonchev–Trinajstić information content (AvgIpc) is 2.51. The molecular formula is C11H16N2O2. The van der Waals surface area contributed by atoms with Gasteiger partial charge in [-0.3, -0.25) is 4.98 Å². The van der Waals surface area contributed by atoms with Crippen LogP contribution in [0.5, 0.6) is 0 Å². The van der Waals surface area contributed by atoms with Crippen LogP contribution in [0.3, 0.4) is 0 Å². The van der Waals surface area contributed by atoms with Gasteiger partial charge in [0.05, 0.1) is 12.3 Å². The minimum Gasteiger partial charge on any atom is -0.398 e. The summed E-state index contributed by atoms with van der Waals surface area (Å²) < 4.78 is 11.2. The van der Waals surface area contributed by atoms with Crippen LogP contribution in [0, 0.1) is 6.92 Å². The largest absolute Gasteiger partial charge is 0.398 e. The molecule has 0 bridgehead atoms. The molecule has 2 rings (SSSR count). The minimum atomic E-state index is -0.522. The Labute approximate surface area is 89.4 Å². The van der Waals surface area contributed by atoms with E-state index in [1.165, 1.54) is 0 Å². The van der Waals surface area contributed by atoms with Crippen LogP contribution in [0.4, 0.5) is 5.69 Å². The van der Waals surface area contributed by atoms with Crippen LogP contribution in [0.2, 0.25) is 0 Å². The third-order valence-corrected chi connectivity index (χ3v) is 2.50. The molecule has 82 valence electrons. The maximum atomic E-state index is 5.82. The van der Waals surface area contributed by atoms with Gasteiger partial charge in [-0.2, -0.15) is 0 Å². The normalized spacial score (nSPS) is 24.3. The van der Waals surface area contributed by atoms with Crippen LogP contribution >= 0.6 is 0 Å². The van der Waals surface area contributed by atoms with E-state index in [-0.39, 0.29) is 6.10 Å². The molecule has 4 heteroatoms. The fourth-order valence-electron chi connectivity index (χ4n) is 1.57. The molecule has 1 atom stereocenters. The summed E-state index contributed by atoms with van der Waals surface area (Å²) in [6.45, 7) is 6.25. The Morgan fingerprint density at radius 2 is 2.27 bits per heavy atom. The Balaban J connectivity index is 2.21. The van der Waals surface area contributed by atoms with Gasteiger partial charge in [0.15, 0.2) is 5.79 Å². The highest BCUT2D eigenvalue weighted by Gasteiger charge is 2.34. The number of hydrogen-bond acceptors (Lipinski definition) is 4. The molecule has 2 N–H and O–H groups in total. The molecule has 0 aromatic carbocycles. The lowest BCUT2D eigenvalue weighted by atomic mass is 10.2. The molecule has 1 fully saturated rings. The highest BCUT2D eigenvalue weighted by Crippen LogP contribution is 2.32. The number of hydrogen-bond donors (Lipinski definition) is 1. The number of aryl methyl sites for hydroxylation is 1. The Hall–Kier alpha value is -1.13. The van der Waals surface area contributed by atoms with E-state index in [1.54, 1.807) is 6.20 Å². The minimum absolute atomic E-state index is 0.108. The zero-order valence-electron chi connectivity index (χ0n) is 9.28. The Bertz CT molecular complexity index is 377. The first-order valence-electron chi connectivity index (χ1n) is 5.02. The Kier molecular flexibility index (Phi) is 2.40. The van der Waals surface area contributed by atoms with Crippen molar-refractivity contribution in [1.82, 2.24) is 4.98 Å². The van der Waals surface area contributed by atoms with E-state index in [0.29, 0.717) is 6.61 Å². The molecule has 4 nitrogen and oxygen atoms in total. The van der Waals surface area contributed by atoms with Gasteiger partial charge in [-0.25, -0.2) is 0 Å². The summed E-state index contributed by atoms with van der Waals surface area (Å²) in [7, 11) is 0. The lowest BCUT2D eigenvalue weighted by Crippen LogP contribution is -2.19. The zero-order chi connectivity index (χ0) is 11.1. The van der Waals surface area contributed by atoms with Gasteiger partial charge in [0.25, 0.3) is 0 Å². The molecule has 0 spiro atoms. The quantitative estimate of drug-likeness (QED) is 0.764. The maximum Gasteiger partial charge on any atom is 0.163 e. The number of nitrogen functional groups attached to an aromatic ring is 1. The number of nitrogens with zero attached hydrogens (tertiary/aromatic N) is 1. The van der Waals surface area contributed by atoms with Crippen molar-refractivity contribution in [3.63, 3.8) is 0 Å². The number of aromatic nitrogens is 1. The van der Waals surface area contributed by atoms with E-state index in [4.69, 9.17) is 15.2 Å². The van der Waals surface area contributed by atoms with Crippen molar-refractivity contribution in [3.05, 3.63) is 23.5 Å². The van der Waals surface area contributed by atoms with Crippen molar-refractivity contribution in [2.24, 2.45) is 0 Å². The molecule has 0 amide bonds. The van der Waals surface area contributed by atoms with Crippen molar-refractivity contribution in [1.29, 1.82) is 0 Å². The van der Waals surface area contributed by atoms with Gasteiger partial charge in [0.1, 0.15) is 6.10 Å². The molecule has 2 heterocycles. The third-order valence-electron chi connectivity index (χ3n) is 2.50. The lowest BCUT2D eigenvalue weighted by Gasteiger charge is -2.17. The molecule has 1 aliphatic rings. The summed E-state index contributed by atoms with van der Waals surface area (Å²) in [6, 6.07) is 1.85. The molecule has 0 radical (unpaired) electrons. The molecule has 1 aromatic heterocycles. The fraction of sp³-hybridized carbons (Fsp3) is 0.545. The van der Waals surface area contributed by atoms with Gasteiger partial charge >= 0.3 is 0 Å². The highest BCUT2D eigenvalue weighted by molar-refractivity contribution is 5.45. The van der Waals surface area contributed by atoms with E-state index >= 15 is 0 Å². The number of pyridine rings is 1. The summed E-state index contributed by atoms with van der Waals surface area (Å²) in [6.07, 6.45) is 1.65. The van der Waals surface area contributed by atoms with Crippen molar-refractivity contribution >= 4 is 5.69 Å². The lowest BCUT2D eigenvalue weighted by molar-refractivity contribution is -0.139. The fourth-order valence-corrected chi connectivity index (χ4v) is 1.57. The summed E-state index contributed by atoms with van der Waals surface area (Å²) >= 11 is 0. The van der Waals surface area contributed by atoms with Gasteiger partial charge in [-0.05, 0) is 32.4 Å². The number of anilines is 1. The second-order valence-corrected chi connectivity index (χ2v) is 4.28. The molecule has 1 unspecified atom stereocenters. The molecule has 1 saturated heterocycles. The van der Waals surface area contributed by atoms with E-state index < -0.39 is 5.79 Å². The summed E-state index contributed by atoms with van der Waals surface area (Å²) in [5.41, 5.74) is 8.38. The molecule has 0 aliphatic carbocycles. The Morgan fingerprint density at radius 1 is 1.53 bits per heavy atom. The van der Waals surface area contributed by atoms with Crippen LogP contribution < -0.4 is 5.73 Å². The second kappa shape index (κ2) is 3.47. The average molecular weight is 208 g/mol. The summed E-state index contributed by atoms with van der Waals surface area (Å²) in [5, 5.41) is 0. The number of nitrogens with two attached hydrogens (primary N) is 1. The van der Waals surface area contributed by atoms with Crippen LogP contribution in [0.15, 0.2) is 12.3 Å². The van der Waals surface area contributed by atoms with Gasteiger partial charge < -0.3 is 15.2 Å². The first kappa shape index (κ1) is 10.4. The predicted octanol–water partition coefficient (Wildman–Crippen LogP) is 1.80. The van der Waals surface area contributed by atoms with Gasteiger partial charge in [0, 0.05) is 11.9 Å². The molecule has 0 saturated carbocycles. The first-order chi connectivity index (χ1) is 6.98. The van der Waals surface area contributed by atoms with Crippen molar-refractivity contribution in [2.45, 2.75) is 32.7 Å². The van der Waals surface area contributed by atoms with Gasteiger partial charge in [0.2, 0.25) is 0 Å². The smallest absolute Gasteiger partial charge is 0.163 e. The Morgan fingerprint density at radius 3 is 2.80 bits per heavy atom. The maximum absolute atomic E-state index is 5.82. The van der Waals surface area contributed by atoms with E-state index in [1.807, 2.05) is 26.8 Å². The van der Waals surface area contributed by atoms with E-state index in [0.717, 1.165) is 16.9 Å². The van der Waals surface area contributed by atoms with Crippen LogP contribution in [0.1, 0.15) is 31.2 Å². The zero-order valence-corrected chi connectivity index (χ0v) is 9.28. The molecular weight excluding hydrogens is 192 g/mol. The van der Waals surface area contributed by atoms with Gasteiger partial charge in [-0.15, -0.1) is 0 Å². The van der Waals surface area contributed by atoms with Crippen molar-refractivity contribution < 1.29 is 9.47 Å². The van der Waals surface area contributed by atoms with Crippen LogP contribution in [0.25, 0.3) is 0 Å². The van der Waals surface area contributed by atoms with Crippen molar-refractivity contribution in [3.8, 4) is 0 Å². The summed E-state index contributed by atoms with van der Waals surface area (Å²) in [4.78, 5) is 4.30. The molecule has 15 heavy (non-hydrogen) atoms. The second-order valence-electron chi connectivity index (χ2n) is 4.28. The molecule has 1 aromatic rings. The highest BCUT2D eigenvalue weighted by atomic mass is 16.7. The van der Waals surface area contributed by atoms with Gasteiger partial charge in [-0.1, -0.05) is 0 Å². The van der Waals surface area contributed by atoms with E-state index in [2.05, 4.69) is 4.98 Å². The van der Waals surface area contributed by atoms with Crippen LogP contribution in [-0.4, -0.2) is 17.4 Å². The van der Waals surface area contributed by atoms with Crippen LogP contribution in [-0.2, 0) is 9.47 Å². The third kappa shape index (κ3) is 2.11. The summed E-state index contributed by atoms with van der Waals surface area (Å²) in [5.74, 6) is -0.522.